The molecule has 1 N–H and O–H groups in total. The average Bonchev–Trinajstić information content (AvgIpc) is 3.33. The lowest BCUT2D eigenvalue weighted by molar-refractivity contribution is 0.218. The first kappa shape index (κ1) is 17.1. The number of anilines is 1. The van der Waals surface area contributed by atoms with E-state index in [1.807, 2.05) is 30.5 Å². The van der Waals surface area contributed by atoms with Crippen LogP contribution in [0.5, 0.6) is 5.75 Å². The zero-order chi connectivity index (χ0) is 18.8. The highest BCUT2D eigenvalue weighted by Gasteiger charge is 2.30. The fraction of sp³-hybridized carbons (Fsp3) is 0.200. The Kier molecular flexibility index (Phi) is 4.50. The number of hydrogen-bond acceptors (Lipinski definition) is 3. The number of amides is 2. The fourth-order valence-electron chi connectivity index (χ4n) is 3.32. The van der Waals surface area contributed by atoms with Crippen LogP contribution in [-0.2, 0) is 6.54 Å². The number of aromatic amines is 1. The highest BCUT2D eigenvalue weighted by Crippen LogP contribution is 2.28. The number of para-hydroxylation sites is 1. The number of carbonyl (C=O) groups excluding carboxylic acids is 1. The van der Waals surface area contributed by atoms with Gasteiger partial charge in [0.2, 0.25) is 0 Å². The van der Waals surface area contributed by atoms with Gasteiger partial charge >= 0.3 is 6.03 Å². The van der Waals surface area contributed by atoms with E-state index in [-0.39, 0.29) is 11.8 Å². The van der Waals surface area contributed by atoms with E-state index in [1.165, 1.54) is 13.2 Å². The van der Waals surface area contributed by atoms with E-state index in [0.29, 0.717) is 25.2 Å². The monoisotopic (exact) mass is 366 g/mol. The highest BCUT2D eigenvalue weighted by molar-refractivity contribution is 5.94. The van der Waals surface area contributed by atoms with E-state index >= 15 is 0 Å². The number of carbonyl (C=O) groups is 1. The van der Waals surface area contributed by atoms with Gasteiger partial charge in [0.05, 0.1) is 19.9 Å². The Bertz CT molecular complexity index is 941. The molecule has 0 spiro atoms. The van der Waals surface area contributed by atoms with Crippen LogP contribution in [-0.4, -0.2) is 41.3 Å². The Balaban J connectivity index is 1.50. The van der Waals surface area contributed by atoms with Gasteiger partial charge in [-0.1, -0.05) is 24.3 Å². The normalized spacial score (nSPS) is 14.1. The van der Waals surface area contributed by atoms with Gasteiger partial charge in [-0.3, -0.25) is 10.00 Å². The van der Waals surface area contributed by atoms with Gasteiger partial charge < -0.3 is 9.64 Å². The highest BCUT2D eigenvalue weighted by atomic mass is 19.1. The zero-order valence-electron chi connectivity index (χ0n) is 14.9. The maximum atomic E-state index is 13.9. The second-order valence-corrected chi connectivity index (χ2v) is 6.32. The van der Waals surface area contributed by atoms with Gasteiger partial charge in [-0.15, -0.1) is 0 Å². The molecule has 2 heterocycles. The summed E-state index contributed by atoms with van der Waals surface area (Å²) in [6.07, 6.45) is 3.58. The van der Waals surface area contributed by atoms with Gasteiger partial charge in [0, 0.05) is 36.1 Å². The van der Waals surface area contributed by atoms with E-state index in [9.17, 15) is 9.18 Å². The number of ether oxygens (including phenoxy) is 1. The first-order chi connectivity index (χ1) is 13.2. The molecular formula is C20H19FN4O2. The van der Waals surface area contributed by atoms with Gasteiger partial charge in [0.25, 0.3) is 0 Å². The third kappa shape index (κ3) is 3.23. The quantitative estimate of drug-likeness (QED) is 0.749. The minimum atomic E-state index is -0.423. The third-order valence-corrected chi connectivity index (χ3v) is 4.72. The molecule has 1 aliphatic rings. The Morgan fingerprint density at radius 2 is 1.96 bits per heavy atom. The predicted molar refractivity (Wildman–Crippen MR) is 100 cm³/mol. The topological polar surface area (TPSA) is 61.5 Å². The van der Waals surface area contributed by atoms with Crippen LogP contribution in [0.15, 0.2) is 54.9 Å². The minimum absolute atomic E-state index is 0.0997. The number of benzene rings is 2. The Labute approximate surface area is 156 Å². The van der Waals surface area contributed by atoms with Gasteiger partial charge in [0.1, 0.15) is 0 Å². The molecule has 2 aromatic carbocycles. The molecule has 1 aromatic heterocycles. The predicted octanol–water partition coefficient (Wildman–Crippen LogP) is 3.67. The van der Waals surface area contributed by atoms with Crippen LogP contribution >= 0.6 is 0 Å². The lowest BCUT2D eigenvalue weighted by atomic mass is 10.1. The van der Waals surface area contributed by atoms with Crippen LogP contribution in [0.1, 0.15) is 5.56 Å². The molecule has 7 heteroatoms. The number of halogens is 1. The number of methoxy groups -OCH3 is 1. The minimum Gasteiger partial charge on any atom is -0.493 e. The molecule has 1 saturated heterocycles. The first-order valence-corrected chi connectivity index (χ1v) is 8.64. The second kappa shape index (κ2) is 7.11. The van der Waals surface area contributed by atoms with Gasteiger partial charge in [-0.05, 0) is 23.8 Å². The maximum Gasteiger partial charge on any atom is 0.324 e. The summed E-state index contributed by atoms with van der Waals surface area (Å²) in [5.74, 6) is -0.235. The summed E-state index contributed by atoms with van der Waals surface area (Å²) in [5.41, 5.74) is 3.51. The number of nitrogens with zero attached hydrogens (tertiary/aromatic N) is 3. The number of H-pyrrole nitrogens is 1. The molecule has 0 aliphatic carbocycles. The second-order valence-electron chi connectivity index (χ2n) is 6.32. The number of urea groups is 1. The number of nitrogens with one attached hydrogen (secondary N) is 1. The van der Waals surface area contributed by atoms with Crippen molar-refractivity contribution in [3.8, 4) is 16.9 Å². The van der Waals surface area contributed by atoms with Crippen LogP contribution in [0.4, 0.5) is 14.9 Å². The molecule has 0 saturated carbocycles. The standard InChI is InChI=1S/C20H19FN4O2/c1-27-19-15(3-2-4-18(19)21)13-24-9-10-25(20(24)26)17-7-5-14(6-8-17)16-11-22-23-12-16/h2-8,11-12H,9-10,13H2,1H3,(H,22,23). The maximum absolute atomic E-state index is 13.9. The summed E-state index contributed by atoms with van der Waals surface area (Å²) in [6, 6.07) is 12.4. The van der Waals surface area contributed by atoms with Crippen molar-refractivity contribution in [2.75, 3.05) is 25.1 Å². The van der Waals surface area contributed by atoms with Crippen LogP contribution < -0.4 is 9.64 Å². The number of rotatable bonds is 5. The van der Waals surface area contributed by atoms with Crippen LogP contribution in [0.25, 0.3) is 11.1 Å². The molecule has 0 unspecified atom stereocenters. The van der Waals surface area contributed by atoms with Gasteiger partial charge in [0.15, 0.2) is 11.6 Å². The summed E-state index contributed by atoms with van der Waals surface area (Å²) in [6.45, 7) is 1.47. The summed E-state index contributed by atoms with van der Waals surface area (Å²) in [7, 11) is 1.43. The molecule has 4 rings (SSSR count). The Morgan fingerprint density at radius 1 is 1.15 bits per heavy atom. The molecule has 6 nitrogen and oxygen atoms in total. The molecule has 0 radical (unpaired) electrons. The molecule has 27 heavy (non-hydrogen) atoms. The SMILES string of the molecule is COc1c(F)cccc1CN1CCN(c2ccc(-c3cn[nH]c3)cc2)C1=O. The number of hydrogen-bond donors (Lipinski definition) is 1. The largest absolute Gasteiger partial charge is 0.493 e. The van der Waals surface area contributed by atoms with Gasteiger partial charge in [-0.25, -0.2) is 9.18 Å². The van der Waals surface area contributed by atoms with Gasteiger partial charge in [-0.2, -0.15) is 5.10 Å². The number of aromatic nitrogens is 2. The van der Waals surface area contributed by atoms with Crippen molar-refractivity contribution in [2.45, 2.75) is 6.54 Å². The van der Waals surface area contributed by atoms with E-state index in [2.05, 4.69) is 10.2 Å². The molecule has 2 amide bonds. The molecule has 3 aromatic rings. The van der Waals surface area contributed by atoms with Crippen molar-refractivity contribution < 1.29 is 13.9 Å². The van der Waals surface area contributed by atoms with E-state index < -0.39 is 5.82 Å². The van der Waals surface area contributed by atoms with Crippen molar-refractivity contribution in [3.05, 3.63) is 66.2 Å². The van der Waals surface area contributed by atoms with Crippen molar-refractivity contribution in [1.29, 1.82) is 0 Å². The Morgan fingerprint density at radius 3 is 2.67 bits per heavy atom. The molecule has 1 aliphatic heterocycles. The molecular weight excluding hydrogens is 347 g/mol. The summed E-state index contributed by atoms with van der Waals surface area (Å²) >= 11 is 0. The third-order valence-electron chi connectivity index (χ3n) is 4.72. The van der Waals surface area contributed by atoms with E-state index in [0.717, 1.165) is 16.8 Å². The lowest BCUT2D eigenvalue weighted by Crippen LogP contribution is -2.31. The molecule has 0 bridgehead atoms. The zero-order valence-corrected chi connectivity index (χ0v) is 14.9. The molecule has 0 atom stereocenters. The first-order valence-electron chi connectivity index (χ1n) is 8.64. The summed E-state index contributed by atoms with van der Waals surface area (Å²) in [4.78, 5) is 16.2. The van der Waals surface area contributed by atoms with Crippen molar-refractivity contribution in [1.82, 2.24) is 15.1 Å². The van der Waals surface area contributed by atoms with Crippen LogP contribution in [0.2, 0.25) is 0 Å². The summed E-state index contributed by atoms with van der Waals surface area (Å²) in [5, 5.41) is 6.74. The lowest BCUT2D eigenvalue weighted by Gasteiger charge is -2.20. The summed E-state index contributed by atoms with van der Waals surface area (Å²) < 4.78 is 19.0. The van der Waals surface area contributed by atoms with Crippen LogP contribution in [0, 0.1) is 5.82 Å². The van der Waals surface area contributed by atoms with E-state index in [4.69, 9.17) is 4.74 Å². The smallest absolute Gasteiger partial charge is 0.324 e. The Hall–Kier alpha value is -3.35. The van der Waals surface area contributed by atoms with Crippen molar-refractivity contribution >= 4 is 11.7 Å². The molecule has 138 valence electrons. The van der Waals surface area contributed by atoms with Crippen molar-refractivity contribution in [3.63, 3.8) is 0 Å². The average molecular weight is 366 g/mol. The van der Waals surface area contributed by atoms with Crippen LogP contribution in [0.3, 0.4) is 0 Å². The van der Waals surface area contributed by atoms with Crippen molar-refractivity contribution in [2.24, 2.45) is 0 Å². The fourth-order valence-corrected chi connectivity index (χ4v) is 3.32. The molecule has 1 fully saturated rings. The van der Waals surface area contributed by atoms with E-state index in [1.54, 1.807) is 28.1 Å².